The quantitative estimate of drug-likeness (QED) is 0.243. The van der Waals surface area contributed by atoms with Crippen LogP contribution in [0.15, 0.2) is 36.5 Å². The van der Waals surface area contributed by atoms with Gasteiger partial charge in [-0.15, -0.1) is 5.10 Å². The molecule has 2 aromatic carbocycles. The molecule has 1 fully saturated rings. The number of aromatic nitrogens is 7. The molecule has 1 aliphatic carbocycles. The topological polar surface area (TPSA) is 103 Å². The fourth-order valence-corrected chi connectivity index (χ4v) is 5.40. The van der Waals surface area contributed by atoms with Crippen molar-refractivity contribution >= 4 is 22.5 Å². The summed E-state index contributed by atoms with van der Waals surface area (Å²) in [5.41, 5.74) is 5.10. The molecule has 0 amide bonds. The summed E-state index contributed by atoms with van der Waals surface area (Å²) in [5, 5.41) is 16.2. The second-order valence-corrected chi connectivity index (χ2v) is 10.4. The number of nitrogens with zero attached hydrogens (tertiary/aromatic N) is 6. The van der Waals surface area contributed by atoms with Crippen molar-refractivity contribution in [1.29, 1.82) is 0 Å². The number of aryl methyl sites for hydroxylation is 1. The van der Waals surface area contributed by atoms with E-state index in [9.17, 15) is 13.2 Å². The van der Waals surface area contributed by atoms with Gasteiger partial charge in [0.05, 0.1) is 29.5 Å². The van der Waals surface area contributed by atoms with Crippen LogP contribution < -0.4 is 5.32 Å². The van der Waals surface area contributed by atoms with Crippen molar-refractivity contribution in [2.45, 2.75) is 37.9 Å². The molecule has 0 atom stereocenters. The van der Waals surface area contributed by atoms with Crippen LogP contribution in [0.3, 0.4) is 0 Å². The highest BCUT2D eigenvalue weighted by Crippen LogP contribution is 2.47. The van der Waals surface area contributed by atoms with Crippen molar-refractivity contribution < 1.29 is 17.6 Å². The number of halogens is 4. The number of aromatic amines is 2. The van der Waals surface area contributed by atoms with E-state index in [-0.39, 0.29) is 18.7 Å². The molecule has 40 heavy (non-hydrogen) atoms. The van der Waals surface area contributed by atoms with Gasteiger partial charge >= 0.3 is 6.18 Å². The zero-order valence-corrected chi connectivity index (χ0v) is 21.5. The lowest BCUT2D eigenvalue weighted by Gasteiger charge is -2.26. The van der Waals surface area contributed by atoms with Gasteiger partial charge < -0.3 is 10.3 Å². The zero-order valence-electron chi connectivity index (χ0n) is 21.5. The van der Waals surface area contributed by atoms with Crippen LogP contribution >= 0.6 is 0 Å². The minimum absolute atomic E-state index is 0.0642. The maximum absolute atomic E-state index is 15.3. The standard InChI is InChI=1S/C27H25F4N9/c1-39-26(35-21-7-6-19-17(11-32-37-19)23(21)14-2-3-14)36-24(38-39)15-4-5-16(18(28)10-15)25-33-20-8-9-40(12-22(20)34-25)13-27(29,30)31/h4-7,10-11,14H,2-3,8-9,12-13H2,1H3,(H,32,37)(H,33,34)(H,35,36,38). The van der Waals surface area contributed by atoms with Gasteiger partial charge in [0.2, 0.25) is 5.95 Å². The van der Waals surface area contributed by atoms with Crippen LogP contribution in [0.1, 0.15) is 35.7 Å². The van der Waals surface area contributed by atoms with Gasteiger partial charge in [-0.3, -0.25) is 10.00 Å². The lowest BCUT2D eigenvalue weighted by molar-refractivity contribution is -0.147. The van der Waals surface area contributed by atoms with Gasteiger partial charge in [-0.1, -0.05) is 6.07 Å². The molecule has 0 radical (unpaired) electrons. The molecule has 0 saturated heterocycles. The smallest absolute Gasteiger partial charge is 0.341 e. The molecule has 4 heterocycles. The van der Waals surface area contributed by atoms with Gasteiger partial charge in [-0.25, -0.2) is 14.1 Å². The van der Waals surface area contributed by atoms with Crippen molar-refractivity contribution in [2.75, 3.05) is 18.4 Å². The van der Waals surface area contributed by atoms with E-state index in [1.807, 2.05) is 18.3 Å². The van der Waals surface area contributed by atoms with Gasteiger partial charge in [0.1, 0.15) is 11.6 Å². The van der Waals surface area contributed by atoms with E-state index < -0.39 is 18.5 Å². The normalized spacial score (nSPS) is 16.0. The third-order valence-electron chi connectivity index (χ3n) is 7.46. The molecule has 7 rings (SSSR count). The van der Waals surface area contributed by atoms with Gasteiger partial charge in [0, 0.05) is 48.9 Å². The van der Waals surface area contributed by atoms with Crippen molar-refractivity contribution in [1.82, 2.24) is 39.8 Å². The van der Waals surface area contributed by atoms with Gasteiger partial charge in [0.25, 0.3) is 0 Å². The number of anilines is 2. The number of hydrogen-bond acceptors (Lipinski definition) is 6. The predicted molar refractivity (Wildman–Crippen MR) is 140 cm³/mol. The summed E-state index contributed by atoms with van der Waals surface area (Å²) in [6, 6.07) is 8.62. The minimum atomic E-state index is -4.28. The molecule has 0 bridgehead atoms. The van der Waals surface area contributed by atoms with E-state index in [0.717, 1.165) is 35.1 Å². The maximum Gasteiger partial charge on any atom is 0.401 e. The van der Waals surface area contributed by atoms with Crippen LogP contribution in [0.25, 0.3) is 33.7 Å². The molecule has 3 aromatic heterocycles. The third kappa shape index (κ3) is 4.59. The molecule has 5 aromatic rings. The highest BCUT2D eigenvalue weighted by Gasteiger charge is 2.33. The molecule has 9 nitrogen and oxygen atoms in total. The number of hydrogen-bond donors (Lipinski definition) is 3. The first-order valence-electron chi connectivity index (χ1n) is 13.0. The van der Waals surface area contributed by atoms with Crippen LogP contribution in [0.2, 0.25) is 0 Å². The Bertz CT molecular complexity index is 1730. The summed E-state index contributed by atoms with van der Waals surface area (Å²) in [4.78, 5) is 13.4. The minimum Gasteiger partial charge on any atom is -0.341 e. The fraction of sp³-hybridized carbons (Fsp3) is 0.333. The van der Waals surface area contributed by atoms with E-state index in [1.54, 1.807) is 23.9 Å². The number of rotatable bonds is 6. The first-order chi connectivity index (χ1) is 19.2. The molecular formula is C27H25F4N9. The van der Waals surface area contributed by atoms with E-state index in [0.29, 0.717) is 41.2 Å². The maximum atomic E-state index is 15.3. The predicted octanol–water partition coefficient (Wildman–Crippen LogP) is 5.43. The lowest BCUT2D eigenvalue weighted by Crippen LogP contribution is -2.38. The molecular weight excluding hydrogens is 526 g/mol. The van der Waals surface area contributed by atoms with Crippen LogP contribution in [-0.2, 0) is 20.0 Å². The first kappa shape index (κ1) is 24.8. The van der Waals surface area contributed by atoms with Crippen molar-refractivity contribution in [2.24, 2.45) is 7.05 Å². The number of H-pyrrole nitrogens is 2. The molecule has 206 valence electrons. The molecule has 3 N–H and O–H groups in total. The number of alkyl halides is 3. The Balaban J connectivity index is 1.13. The van der Waals surface area contributed by atoms with E-state index >= 15 is 4.39 Å². The number of fused-ring (bicyclic) bond motifs is 2. The van der Waals surface area contributed by atoms with Crippen molar-refractivity contribution in [3.05, 3.63) is 59.3 Å². The number of imidazole rings is 1. The Labute approximate surface area is 225 Å². The van der Waals surface area contributed by atoms with Crippen LogP contribution in [0.4, 0.5) is 29.2 Å². The van der Waals surface area contributed by atoms with Crippen LogP contribution in [0.5, 0.6) is 0 Å². The second kappa shape index (κ2) is 9.15. The third-order valence-corrected chi connectivity index (χ3v) is 7.46. The van der Waals surface area contributed by atoms with E-state index in [4.69, 9.17) is 0 Å². The Kier molecular flexibility index (Phi) is 5.66. The van der Waals surface area contributed by atoms with E-state index in [2.05, 4.69) is 35.6 Å². The summed E-state index contributed by atoms with van der Waals surface area (Å²) in [5.74, 6) is 1.11. The van der Waals surface area contributed by atoms with Crippen LogP contribution in [-0.4, -0.2) is 59.1 Å². The molecule has 13 heteroatoms. The number of nitrogens with one attached hydrogen (secondary N) is 3. The van der Waals surface area contributed by atoms with Crippen molar-refractivity contribution in [3.8, 4) is 22.8 Å². The monoisotopic (exact) mass is 551 g/mol. The SMILES string of the molecule is Cn1nc(-c2ccc(-c3nc4c([nH]3)CCN(CC(F)(F)F)C4)c(F)c2)nc1Nc1ccc2[nH]ncc2c1C1CC1. The summed E-state index contributed by atoms with van der Waals surface area (Å²) >= 11 is 0. The zero-order chi connectivity index (χ0) is 27.6. The Morgan fingerprint density at radius 1 is 1.12 bits per heavy atom. The molecule has 0 unspecified atom stereocenters. The number of benzene rings is 2. The summed E-state index contributed by atoms with van der Waals surface area (Å²) < 4.78 is 55.3. The van der Waals surface area contributed by atoms with Gasteiger partial charge in [-0.2, -0.15) is 23.3 Å². The molecule has 2 aliphatic rings. The highest BCUT2D eigenvalue weighted by atomic mass is 19.4. The molecule has 1 saturated carbocycles. The van der Waals surface area contributed by atoms with Crippen LogP contribution in [0, 0.1) is 5.82 Å². The highest BCUT2D eigenvalue weighted by molar-refractivity contribution is 5.89. The Morgan fingerprint density at radius 3 is 2.75 bits per heavy atom. The first-order valence-corrected chi connectivity index (χ1v) is 13.0. The fourth-order valence-electron chi connectivity index (χ4n) is 5.40. The average Bonchev–Trinajstić information content (AvgIpc) is 3.29. The summed E-state index contributed by atoms with van der Waals surface area (Å²) in [6.07, 6.45) is 0.203. The largest absolute Gasteiger partial charge is 0.401 e. The summed E-state index contributed by atoms with van der Waals surface area (Å²) in [6.45, 7) is -0.671. The lowest BCUT2D eigenvalue weighted by atomic mass is 10.0. The van der Waals surface area contributed by atoms with Gasteiger partial charge in [0.15, 0.2) is 5.82 Å². The Hall–Kier alpha value is -4.26. The van der Waals surface area contributed by atoms with Crippen molar-refractivity contribution in [3.63, 3.8) is 0 Å². The average molecular weight is 552 g/mol. The van der Waals surface area contributed by atoms with Gasteiger partial charge in [-0.05, 0) is 48.6 Å². The van der Waals surface area contributed by atoms with E-state index in [1.165, 1.54) is 16.5 Å². The summed E-state index contributed by atoms with van der Waals surface area (Å²) in [7, 11) is 1.77. The molecule has 1 aliphatic heterocycles. The Morgan fingerprint density at radius 2 is 1.98 bits per heavy atom. The molecule has 0 spiro atoms. The second-order valence-electron chi connectivity index (χ2n) is 10.4.